The second-order valence-electron chi connectivity index (χ2n) is 5.96. The summed E-state index contributed by atoms with van der Waals surface area (Å²) < 4.78 is 5.82. The minimum absolute atomic E-state index is 0.00909. The third-order valence-electron chi connectivity index (χ3n) is 4.18. The lowest BCUT2D eigenvalue weighted by Crippen LogP contribution is -2.48. The fourth-order valence-corrected chi connectivity index (χ4v) is 3.14. The molecule has 0 radical (unpaired) electrons. The van der Waals surface area contributed by atoms with E-state index in [1.54, 1.807) is 24.4 Å². The first-order chi connectivity index (χ1) is 12.2. The molecule has 128 valence electrons. The topological polar surface area (TPSA) is 84.2 Å². The van der Waals surface area contributed by atoms with Crippen molar-refractivity contribution in [3.8, 4) is 0 Å². The quantitative estimate of drug-likeness (QED) is 0.775. The Labute approximate surface area is 149 Å². The van der Waals surface area contributed by atoms with E-state index in [0.717, 1.165) is 24.9 Å². The minimum Gasteiger partial charge on any atom is -0.423 e. The average Bonchev–Trinajstić information content (AvgIpc) is 3.06. The predicted molar refractivity (Wildman–Crippen MR) is 93.8 cm³/mol. The molecule has 0 aliphatic carbocycles. The van der Waals surface area contributed by atoms with Crippen LogP contribution in [-0.2, 0) is 0 Å². The van der Waals surface area contributed by atoms with Crippen LogP contribution in [0.1, 0.15) is 23.3 Å². The summed E-state index contributed by atoms with van der Waals surface area (Å²) in [4.78, 5) is 26.6. The van der Waals surface area contributed by atoms with Crippen molar-refractivity contribution >= 4 is 34.6 Å². The molecule has 1 unspecified atom stereocenters. The molecule has 1 aliphatic rings. The molecular formula is C17H16ClN5O2. The molecular weight excluding hydrogens is 342 g/mol. The van der Waals surface area contributed by atoms with Crippen molar-refractivity contribution < 1.29 is 9.21 Å². The Morgan fingerprint density at radius 2 is 2.28 bits per heavy atom. The van der Waals surface area contributed by atoms with Crippen LogP contribution in [0, 0.1) is 0 Å². The van der Waals surface area contributed by atoms with E-state index in [-0.39, 0.29) is 11.9 Å². The van der Waals surface area contributed by atoms with Gasteiger partial charge in [0.15, 0.2) is 5.58 Å². The van der Waals surface area contributed by atoms with Crippen molar-refractivity contribution in [2.45, 2.75) is 18.9 Å². The molecule has 1 amide bonds. The SMILES string of the molecule is O=C(NC1CCCN(c2nc3ccc(Cl)cc3o2)C1)c1ccncn1. The van der Waals surface area contributed by atoms with Crippen LogP contribution in [-0.4, -0.2) is 40.0 Å². The minimum atomic E-state index is -0.196. The zero-order valence-electron chi connectivity index (χ0n) is 13.4. The number of nitrogens with one attached hydrogen (secondary N) is 1. The highest BCUT2D eigenvalue weighted by molar-refractivity contribution is 6.31. The predicted octanol–water partition coefficient (Wildman–Crippen LogP) is 2.67. The lowest BCUT2D eigenvalue weighted by Gasteiger charge is -2.31. The first-order valence-electron chi connectivity index (χ1n) is 8.07. The van der Waals surface area contributed by atoms with E-state index in [1.807, 2.05) is 11.0 Å². The number of carbonyl (C=O) groups excluding carboxylic acids is 1. The van der Waals surface area contributed by atoms with Crippen molar-refractivity contribution in [2.24, 2.45) is 0 Å². The summed E-state index contributed by atoms with van der Waals surface area (Å²) in [6.07, 6.45) is 4.76. The molecule has 3 aromatic rings. The summed E-state index contributed by atoms with van der Waals surface area (Å²) in [6, 6.07) is 7.54. The number of carbonyl (C=O) groups is 1. The van der Waals surface area contributed by atoms with Gasteiger partial charge in [0.1, 0.15) is 17.5 Å². The van der Waals surface area contributed by atoms with Crippen LogP contribution in [0.2, 0.25) is 5.02 Å². The number of oxazole rings is 1. The van der Waals surface area contributed by atoms with Gasteiger partial charge in [0.05, 0.1) is 0 Å². The van der Waals surface area contributed by atoms with E-state index >= 15 is 0 Å². The number of nitrogens with zero attached hydrogens (tertiary/aromatic N) is 4. The molecule has 0 saturated carbocycles. The van der Waals surface area contributed by atoms with Crippen LogP contribution in [0.15, 0.2) is 41.2 Å². The molecule has 4 rings (SSSR count). The smallest absolute Gasteiger partial charge is 0.298 e. The summed E-state index contributed by atoms with van der Waals surface area (Å²) in [7, 11) is 0. The van der Waals surface area contributed by atoms with Crippen LogP contribution in [0.25, 0.3) is 11.1 Å². The maximum atomic E-state index is 12.3. The number of amides is 1. The fraction of sp³-hybridized carbons (Fsp3) is 0.294. The first-order valence-corrected chi connectivity index (χ1v) is 8.45. The molecule has 1 aliphatic heterocycles. The average molecular weight is 358 g/mol. The Hall–Kier alpha value is -2.67. The molecule has 1 fully saturated rings. The maximum Gasteiger partial charge on any atom is 0.298 e. The van der Waals surface area contributed by atoms with E-state index < -0.39 is 0 Å². The van der Waals surface area contributed by atoms with Crippen molar-refractivity contribution in [1.29, 1.82) is 0 Å². The lowest BCUT2D eigenvalue weighted by atomic mass is 10.1. The second-order valence-corrected chi connectivity index (χ2v) is 6.40. The molecule has 25 heavy (non-hydrogen) atoms. The largest absolute Gasteiger partial charge is 0.423 e. The number of halogens is 1. The maximum absolute atomic E-state index is 12.3. The number of fused-ring (bicyclic) bond motifs is 1. The van der Waals surface area contributed by atoms with Gasteiger partial charge < -0.3 is 14.6 Å². The van der Waals surface area contributed by atoms with E-state index in [1.165, 1.54) is 6.33 Å². The Balaban J connectivity index is 1.47. The Bertz CT molecular complexity index is 898. The fourth-order valence-electron chi connectivity index (χ4n) is 2.97. The number of piperidine rings is 1. The zero-order valence-corrected chi connectivity index (χ0v) is 14.1. The molecule has 1 atom stereocenters. The highest BCUT2D eigenvalue weighted by atomic mass is 35.5. The van der Waals surface area contributed by atoms with Gasteiger partial charge in [-0.05, 0) is 31.0 Å². The normalized spacial score (nSPS) is 17.6. The molecule has 7 nitrogen and oxygen atoms in total. The van der Waals surface area contributed by atoms with Gasteiger partial charge in [-0.2, -0.15) is 4.98 Å². The number of hydrogen-bond acceptors (Lipinski definition) is 6. The van der Waals surface area contributed by atoms with Crippen molar-refractivity contribution in [3.63, 3.8) is 0 Å². The van der Waals surface area contributed by atoms with Gasteiger partial charge >= 0.3 is 0 Å². The monoisotopic (exact) mass is 357 g/mol. The van der Waals surface area contributed by atoms with E-state index in [4.69, 9.17) is 16.0 Å². The van der Waals surface area contributed by atoms with E-state index in [9.17, 15) is 4.79 Å². The van der Waals surface area contributed by atoms with E-state index in [0.29, 0.717) is 28.9 Å². The van der Waals surface area contributed by atoms with Crippen molar-refractivity contribution in [3.05, 3.63) is 47.5 Å². The zero-order chi connectivity index (χ0) is 17.2. The van der Waals surface area contributed by atoms with Crippen molar-refractivity contribution in [2.75, 3.05) is 18.0 Å². The van der Waals surface area contributed by atoms with Crippen LogP contribution in [0.4, 0.5) is 6.01 Å². The van der Waals surface area contributed by atoms with Crippen LogP contribution < -0.4 is 10.2 Å². The van der Waals surface area contributed by atoms with Gasteiger partial charge in [0, 0.05) is 36.4 Å². The molecule has 1 saturated heterocycles. The molecule has 1 N–H and O–H groups in total. The number of benzene rings is 1. The molecule has 2 aromatic heterocycles. The van der Waals surface area contributed by atoms with Gasteiger partial charge in [-0.3, -0.25) is 4.79 Å². The van der Waals surface area contributed by atoms with Gasteiger partial charge in [-0.1, -0.05) is 11.6 Å². The van der Waals surface area contributed by atoms with Gasteiger partial charge in [-0.25, -0.2) is 9.97 Å². The molecule has 8 heteroatoms. The first kappa shape index (κ1) is 15.8. The Kier molecular flexibility index (Phi) is 4.23. The summed E-state index contributed by atoms with van der Waals surface area (Å²) in [6.45, 7) is 1.47. The Morgan fingerprint density at radius 1 is 1.36 bits per heavy atom. The molecule has 0 spiro atoms. The van der Waals surface area contributed by atoms with Gasteiger partial charge in [0.25, 0.3) is 11.9 Å². The van der Waals surface area contributed by atoms with Crippen LogP contribution in [0.3, 0.4) is 0 Å². The highest BCUT2D eigenvalue weighted by Crippen LogP contribution is 2.26. The van der Waals surface area contributed by atoms with Gasteiger partial charge in [0.2, 0.25) is 0 Å². The molecule has 1 aromatic carbocycles. The molecule has 0 bridgehead atoms. The summed E-state index contributed by atoms with van der Waals surface area (Å²) in [5.74, 6) is -0.196. The summed E-state index contributed by atoms with van der Waals surface area (Å²) in [5, 5.41) is 3.63. The third-order valence-corrected chi connectivity index (χ3v) is 4.42. The summed E-state index contributed by atoms with van der Waals surface area (Å²) >= 11 is 5.99. The van der Waals surface area contributed by atoms with Crippen LogP contribution >= 0.6 is 11.6 Å². The third kappa shape index (κ3) is 3.41. The summed E-state index contributed by atoms with van der Waals surface area (Å²) in [5.41, 5.74) is 1.80. The standard InChI is InChI=1S/C17H16ClN5O2/c18-11-3-4-13-15(8-11)25-17(22-13)23-7-1-2-12(9-23)21-16(24)14-5-6-19-10-20-14/h3-6,8,10,12H,1-2,7,9H2,(H,21,24). The van der Waals surface area contributed by atoms with Crippen molar-refractivity contribution in [1.82, 2.24) is 20.3 Å². The Morgan fingerprint density at radius 3 is 3.12 bits per heavy atom. The van der Waals surface area contributed by atoms with Crippen LogP contribution in [0.5, 0.6) is 0 Å². The van der Waals surface area contributed by atoms with E-state index in [2.05, 4.69) is 20.3 Å². The number of aromatic nitrogens is 3. The second kappa shape index (κ2) is 6.68. The molecule has 3 heterocycles. The highest BCUT2D eigenvalue weighted by Gasteiger charge is 2.25. The number of hydrogen-bond donors (Lipinski definition) is 1. The van der Waals surface area contributed by atoms with Gasteiger partial charge in [-0.15, -0.1) is 0 Å². The number of anilines is 1. The number of rotatable bonds is 3. The lowest BCUT2D eigenvalue weighted by molar-refractivity contribution is 0.0927.